The predicted molar refractivity (Wildman–Crippen MR) is 134 cm³/mol. The Bertz CT molecular complexity index is 916. The Kier molecular flexibility index (Phi) is 4.92. The second-order valence-corrected chi connectivity index (χ2v) is 16.0. The van der Waals surface area contributed by atoms with Gasteiger partial charge in [0.05, 0.1) is 29.3 Å². The maximum Gasteiger partial charge on any atom is 0.166 e. The van der Waals surface area contributed by atoms with Gasteiger partial charge < -0.3 is 25.2 Å². The number of rotatable bonds is 0. The van der Waals surface area contributed by atoms with Crippen molar-refractivity contribution in [3.05, 3.63) is 0 Å². The van der Waals surface area contributed by atoms with Gasteiger partial charge in [0.1, 0.15) is 0 Å². The van der Waals surface area contributed by atoms with E-state index in [-0.39, 0.29) is 39.1 Å². The van der Waals surface area contributed by atoms with Gasteiger partial charge in [0, 0.05) is 11.3 Å². The van der Waals surface area contributed by atoms with Crippen molar-refractivity contribution in [2.24, 2.45) is 50.2 Å². The van der Waals surface area contributed by atoms with Crippen LogP contribution in [0.15, 0.2) is 0 Å². The molecule has 6 fully saturated rings. The highest BCUT2D eigenvalue weighted by molar-refractivity contribution is 5.30. The Balaban J connectivity index is 1.48. The van der Waals surface area contributed by atoms with E-state index in [1.807, 2.05) is 0 Å². The van der Waals surface area contributed by atoms with Crippen molar-refractivity contribution in [3.8, 4) is 0 Å². The van der Waals surface area contributed by atoms with E-state index in [0.29, 0.717) is 24.7 Å². The van der Waals surface area contributed by atoms with Gasteiger partial charge in [-0.05, 0) is 91.3 Å². The molecule has 6 rings (SSSR count). The fourth-order valence-electron chi connectivity index (χ4n) is 12.3. The average Bonchev–Trinajstić information content (AvgIpc) is 2.93. The van der Waals surface area contributed by atoms with Gasteiger partial charge in [0.2, 0.25) is 0 Å². The number of ether oxygens (including phenoxy) is 1. The van der Waals surface area contributed by atoms with Crippen LogP contribution in [0.1, 0.15) is 106 Å². The maximum absolute atomic E-state index is 11.9. The van der Waals surface area contributed by atoms with Gasteiger partial charge in [-0.1, -0.05) is 48.5 Å². The summed E-state index contributed by atoms with van der Waals surface area (Å²) in [6, 6.07) is 0. The van der Waals surface area contributed by atoms with Gasteiger partial charge in [-0.15, -0.1) is 0 Å². The molecule has 0 aromatic heterocycles. The number of hydrogen-bond acceptors (Lipinski definition) is 5. The first-order chi connectivity index (χ1) is 16.0. The van der Waals surface area contributed by atoms with Gasteiger partial charge in [0.15, 0.2) is 6.29 Å². The topological polar surface area (TPSA) is 90.2 Å². The Hall–Kier alpha value is -0.200. The third-order valence-electron chi connectivity index (χ3n) is 14.2. The minimum absolute atomic E-state index is 0.0430. The lowest BCUT2D eigenvalue weighted by Gasteiger charge is -2.75. The van der Waals surface area contributed by atoms with Crippen LogP contribution in [-0.4, -0.2) is 50.6 Å². The second kappa shape index (κ2) is 6.86. The molecule has 4 N–H and O–H groups in total. The van der Waals surface area contributed by atoms with Crippen molar-refractivity contribution in [3.63, 3.8) is 0 Å². The SMILES string of the molecule is CC1(C)C[C@@H]2[C@@]3([C@H](O)C[C@]4(C)[C@@]2(CC[C@@H]2[C@@]5(C)CC[C@H](O)C(C)(C)[C@H]5CC[C@]24C)O[C@@H]3O)[C@@H](O)C1. The average molecular weight is 491 g/mol. The first kappa shape index (κ1) is 25.1. The molecule has 1 aliphatic heterocycles. The van der Waals surface area contributed by atoms with Crippen molar-refractivity contribution < 1.29 is 25.2 Å². The van der Waals surface area contributed by atoms with E-state index < -0.39 is 29.5 Å². The van der Waals surface area contributed by atoms with Gasteiger partial charge in [0.25, 0.3) is 0 Å². The van der Waals surface area contributed by atoms with Crippen LogP contribution in [0.5, 0.6) is 0 Å². The minimum Gasteiger partial charge on any atom is -0.393 e. The van der Waals surface area contributed by atoms with Crippen LogP contribution in [0, 0.1) is 50.2 Å². The van der Waals surface area contributed by atoms with E-state index in [2.05, 4.69) is 48.5 Å². The summed E-state index contributed by atoms with van der Waals surface area (Å²) in [4.78, 5) is 0. The van der Waals surface area contributed by atoms with E-state index in [9.17, 15) is 20.4 Å². The summed E-state index contributed by atoms with van der Waals surface area (Å²) in [5.74, 6) is 0.914. The highest BCUT2D eigenvalue weighted by Crippen LogP contribution is 2.81. The lowest BCUT2D eigenvalue weighted by molar-refractivity contribution is -0.305. The molecular weight excluding hydrogens is 440 g/mol. The highest BCUT2D eigenvalue weighted by Gasteiger charge is 2.83. The van der Waals surface area contributed by atoms with Crippen LogP contribution in [0.4, 0.5) is 0 Å². The van der Waals surface area contributed by atoms with Gasteiger partial charge in [-0.2, -0.15) is 0 Å². The number of aliphatic hydroxyl groups is 4. The van der Waals surface area contributed by atoms with Crippen LogP contribution in [0.2, 0.25) is 0 Å². The molecule has 35 heavy (non-hydrogen) atoms. The molecule has 6 aliphatic rings. The van der Waals surface area contributed by atoms with E-state index in [4.69, 9.17) is 4.74 Å². The first-order valence-electron chi connectivity index (χ1n) is 14.4. The Labute approximate surface area is 212 Å². The summed E-state index contributed by atoms with van der Waals surface area (Å²) < 4.78 is 6.79. The van der Waals surface area contributed by atoms with Crippen LogP contribution in [0.3, 0.4) is 0 Å². The zero-order chi connectivity index (χ0) is 25.6. The zero-order valence-corrected chi connectivity index (χ0v) is 23.1. The van der Waals surface area contributed by atoms with E-state index in [1.165, 1.54) is 0 Å². The van der Waals surface area contributed by atoms with Crippen molar-refractivity contribution in [1.82, 2.24) is 0 Å². The fourth-order valence-corrected chi connectivity index (χ4v) is 12.3. The summed E-state index contributed by atoms with van der Waals surface area (Å²) in [7, 11) is 0. The molecule has 200 valence electrons. The Morgan fingerprint density at radius 2 is 1.26 bits per heavy atom. The zero-order valence-electron chi connectivity index (χ0n) is 23.1. The maximum atomic E-state index is 11.9. The monoisotopic (exact) mass is 490 g/mol. The number of hydrogen-bond donors (Lipinski definition) is 4. The van der Waals surface area contributed by atoms with Gasteiger partial charge in [-0.25, -0.2) is 0 Å². The summed E-state index contributed by atoms with van der Waals surface area (Å²) >= 11 is 0. The standard InChI is InChI=1S/C30H50O5/c1-24(2)14-19-29-13-9-18-26(5)11-10-20(31)25(3,4)17(26)8-12-27(18,6)28(29,7)16-22(33)30(19,21(32)15-24)23(34)35-29/h17-23,31-34H,8-16H2,1-7H3/t17-,18-,19+,20+,21+,22-,23+,26+,27-,28+,29+,30+/m1/s1. The van der Waals surface area contributed by atoms with Crippen LogP contribution in [-0.2, 0) is 4.74 Å². The van der Waals surface area contributed by atoms with Crippen molar-refractivity contribution in [1.29, 1.82) is 0 Å². The molecule has 1 spiro atoms. The van der Waals surface area contributed by atoms with Crippen LogP contribution in [0.25, 0.3) is 0 Å². The third kappa shape index (κ3) is 2.55. The molecular formula is C30H50O5. The molecule has 5 nitrogen and oxygen atoms in total. The van der Waals surface area contributed by atoms with Crippen LogP contribution >= 0.6 is 0 Å². The molecule has 0 unspecified atom stereocenters. The highest BCUT2D eigenvalue weighted by atomic mass is 16.6. The summed E-state index contributed by atoms with van der Waals surface area (Å²) in [6.45, 7) is 16.3. The number of fused-ring (bicyclic) bond motifs is 4. The van der Waals surface area contributed by atoms with E-state index in [1.54, 1.807) is 0 Å². The molecule has 0 aromatic carbocycles. The molecule has 0 radical (unpaired) electrons. The molecule has 2 bridgehead atoms. The van der Waals surface area contributed by atoms with Crippen LogP contribution < -0.4 is 0 Å². The molecule has 5 aliphatic carbocycles. The molecule has 5 saturated carbocycles. The summed E-state index contributed by atoms with van der Waals surface area (Å²) in [5.41, 5.74) is -1.85. The van der Waals surface area contributed by atoms with Gasteiger partial charge >= 0.3 is 0 Å². The van der Waals surface area contributed by atoms with E-state index in [0.717, 1.165) is 44.9 Å². The smallest absolute Gasteiger partial charge is 0.166 e. The number of aliphatic hydroxyl groups excluding tert-OH is 4. The molecule has 0 aromatic rings. The van der Waals surface area contributed by atoms with Crippen molar-refractivity contribution >= 4 is 0 Å². The largest absolute Gasteiger partial charge is 0.393 e. The first-order valence-corrected chi connectivity index (χ1v) is 14.4. The fraction of sp³-hybridized carbons (Fsp3) is 1.00. The molecule has 5 heteroatoms. The molecule has 1 saturated heterocycles. The predicted octanol–water partition coefficient (Wildman–Crippen LogP) is 4.64. The second-order valence-electron chi connectivity index (χ2n) is 16.0. The lowest BCUT2D eigenvalue weighted by Crippen LogP contribution is -2.75. The minimum atomic E-state index is -1.12. The van der Waals surface area contributed by atoms with Crippen molar-refractivity contribution in [2.75, 3.05) is 0 Å². The molecule has 1 heterocycles. The van der Waals surface area contributed by atoms with Gasteiger partial charge in [-0.3, -0.25) is 0 Å². The lowest BCUT2D eigenvalue weighted by atomic mass is 9.30. The molecule has 0 amide bonds. The van der Waals surface area contributed by atoms with Crippen molar-refractivity contribution in [2.45, 2.75) is 136 Å². The third-order valence-corrected chi connectivity index (χ3v) is 14.2. The van der Waals surface area contributed by atoms with E-state index >= 15 is 0 Å². The summed E-state index contributed by atoms with van der Waals surface area (Å²) in [6.07, 6.45) is 5.13. The Morgan fingerprint density at radius 3 is 1.94 bits per heavy atom. The quantitative estimate of drug-likeness (QED) is 0.397. The Morgan fingerprint density at radius 1 is 0.629 bits per heavy atom. The normalized spacial score (nSPS) is 62.3. The summed E-state index contributed by atoms with van der Waals surface area (Å²) in [5, 5.41) is 45.8. The molecule has 12 atom stereocenters.